The average molecular weight is 353 g/mol. The van der Waals surface area contributed by atoms with Crippen LogP contribution in [0.3, 0.4) is 0 Å². The van der Waals surface area contributed by atoms with Crippen molar-refractivity contribution >= 4 is 33.6 Å². The van der Waals surface area contributed by atoms with Gasteiger partial charge in [-0.15, -0.1) is 11.8 Å². The summed E-state index contributed by atoms with van der Waals surface area (Å²) in [6, 6.07) is 10.1. The molecule has 0 aromatic heterocycles. The molecule has 5 heteroatoms. The maximum Gasteiger partial charge on any atom is 0.225 e. The van der Waals surface area contributed by atoms with E-state index in [1.807, 2.05) is 24.3 Å². The summed E-state index contributed by atoms with van der Waals surface area (Å²) in [5.41, 5.74) is 4.97. The number of nitrogens with zero attached hydrogens (tertiary/aromatic N) is 1. The van der Waals surface area contributed by atoms with Crippen LogP contribution in [0.2, 0.25) is 0 Å². The van der Waals surface area contributed by atoms with Gasteiger partial charge >= 0.3 is 0 Å². The molecule has 1 unspecified atom stereocenters. The number of halogens is 1. The maximum absolute atomic E-state index is 12.0. The van der Waals surface area contributed by atoms with Gasteiger partial charge in [0.1, 0.15) is 5.25 Å². The number of thioether (sulfide) groups is 1. The number of hydrogen-bond donors (Lipinski definition) is 1. The largest absolute Gasteiger partial charge is 0.369 e. The summed E-state index contributed by atoms with van der Waals surface area (Å²) in [4.78, 5) is 13.0. The zero-order valence-corrected chi connectivity index (χ0v) is 13.5. The van der Waals surface area contributed by atoms with E-state index in [9.17, 15) is 10.1 Å². The Morgan fingerprint density at radius 1 is 1.35 bits per heavy atom. The highest BCUT2D eigenvalue weighted by Crippen LogP contribution is 2.46. The van der Waals surface area contributed by atoms with Crippen LogP contribution in [0, 0.1) is 16.7 Å². The molecule has 0 heterocycles. The predicted octanol–water partition coefficient (Wildman–Crippen LogP) is 3.87. The fourth-order valence-corrected chi connectivity index (χ4v) is 4.54. The van der Waals surface area contributed by atoms with Crippen molar-refractivity contribution in [2.45, 2.75) is 42.2 Å². The molecule has 0 saturated heterocycles. The number of nitrogens with two attached hydrogens (primary N) is 1. The average Bonchev–Trinajstić information content (AvgIpc) is 2.47. The van der Waals surface area contributed by atoms with Crippen molar-refractivity contribution in [3.05, 3.63) is 28.7 Å². The summed E-state index contributed by atoms with van der Waals surface area (Å²) in [6.07, 6.45) is 4.50. The Kier molecular flexibility index (Phi) is 5.11. The van der Waals surface area contributed by atoms with Crippen LogP contribution < -0.4 is 5.73 Å². The van der Waals surface area contributed by atoms with Crippen molar-refractivity contribution < 1.29 is 4.79 Å². The van der Waals surface area contributed by atoms with Gasteiger partial charge in [0, 0.05) is 9.37 Å². The second kappa shape index (κ2) is 6.64. The van der Waals surface area contributed by atoms with Crippen LogP contribution in [0.15, 0.2) is 33.6 Å². The van der Waals surface area contributed by atoms with Gasteiger partial charge in [-0.05, 0) is 40.9 Å². The van der Waals surface area contributed by atoms with Crippen molar-refractivity contribution in [1.29, 1.82) is 5.26 Å². The molecule has 1 saturated carbocycles. The molecular weight excluding hydrogens is 336 g/mol. The Balaban J connectivity index is 2.28. The van der Waals surface area contributed by atoms with Gasteiger partial charge in [-0.2, -0.15) is 5.26 Å². The van der Waals surface area contributed by atoms with E-state index in [1.54, 1.807) is 0 Å². The van der Waals surface area contributed by atoms with E-state index in [2.05, 4.69) is 22.0 Å². The van der Waals surface area contributed by atoms with Gasteiger partial charge in [0.2, 0.25) is 5.91 Å². The van der Waals surface area contributed by atoms with Gasteiger partial charge in [-0.3, -0.25) is 4.79 Å². The topological polar surface area (TPSA) is 66.9 Å². The summed E-state index contributed by atoms with van der Waals surface area (Å²) in [6.45, 7) is 0. The van der Waals surface area contributed by atoms with Crippen molar-refractivity contribution in [1.82, 2.24) is 0 Å². The number of amides is 1. The molecule has 1 aromatic carbocycles. The van der Waals surface area contributed by atoms with E-state index >= 15 is 0 Å². The Morgan fingerprint density at radius 2 is 2.00 bits per heavy atom. The molecule has 1 aliphatic carbocycles. The molecular formula is C15H17BrN2OS. The van der Waals surface area contributed by atoms with Crippen LogP contribution in [0.4, 0.5) is 0 Å². The molecule has 0 spiro atoms. The fraction of sp³-hybridized carbons (Fsp3) is 0.467. The first-order valence-corrected chi connectivity index (χ1v) is 8.38. The quantitative estimate of drug-likeness (QED) is 0.836. The molecule has 1 amide bonds. The van der Waals surface area contributed by atoms with Crippen molar-refractivity contribution in [3.63, 3.8) is 0 Å². The molecule has 2 rings (SSSR count). The minimum absolute atomic E-state index is 0.330. The summed E-state index contributed by atoms with van der Waals surface area (Å²) in [5, 5.41) is 9.12. The molecule has 0 bridgehead atoms. The normalized spacial score (nSPS) is 19.0. The van der Waals surface area contributed by atoms with Crippen molar-refractivity contribution in [2.75, 3.05) is 0 Å². The maximum atomic E-state index is 12.0. The molecule has 3 nitrogen and oxygen atoms in total. The number of rotatable bonds is 4. The highest BCUT2D eigenvalue weighted by atomic mass is 79.9. The van der Waals surface area contributed by atoms with Gasteiger partial charge in [-0.25, -0.2) is 0 Å². The Bertz CT molecular complexity index is 535. The number of carbonyl (C=O) groups is 1. The van der Waals surface area contributed by atoms with Gasteiger partial charge in [0.25, 0.3) is 0 Å². The highest BCUT2D eigenvalue weighted by Gasteiger charge is 2.46. The van der Waals surface area contributed by atoms with Crippen LogP contribution in [0.25, 0.3) is 0 Å². The second-order valence-corrected chi connectivity index (χ2v) is 7.14. The number of primary amides is 1. The van der Waals surface area contributed by atoms with Gasteiger partial charge in [-0.1, -0.05) is 31.4 Å². The van der Waals surface area contributed by atoms with Crippen LogP contribution in [0.1, 0.15) is 32.1 Å². The van der Waals surface area contributed by atoms with Crippen LogP contribution in [-0.4, -0.2) is 11.2 Å². The molecule has 106 valence electrons. The third-order valence-corrected chi connectivity index (χ3v) is 6.29. The first-order valence-electron chi connectivity index (χ1n) is 6.71. The number of nitriles is 1. The molecule has 2 N–H and O–H groups in total. The number of carbonyl (C=O) groups excluding carboxylic acids is 1. The zero-order valence-electron chi connectivity index (χ0n) is 11.1. The van der Waals surface area contributed by atoms with Gasteiger partial charge in [0.05, 0.1) is 11.5 Å². The summed E-state index contributed by atoms with van der Waals surface area (Å²) < 4.78 is 0.945. The van der Waals surface area contributed by atoms with E-state index in [0.717, 1.165) is 41.5 Å². The fourth-order valence-electron chi connectivity index (χ4n) is 2.75. The minimum Gasteiger partial charge on any atom is -0.369 e. The summed E-state index contributed by atoms with van der Waals surface area (Å²) >= 11 is 4.93. The second-order valence-electron chi connectivity index (χ2n) is 5.14. The third kappa shape index (κ3) is 3.02. The smallest absolute Gasteiger partial charge is 0.225 e. The Morgan fingerprint density at radius 3 is 2.55 bits per heavy atom. The number of benzene rings is 1. The lowest BCUT2D eigenvalue weighted by Crippen LogP contribution is -2.46. The highest BCUT2D eigenvalue weighted by molar-refractivity contribution is 9.10. The minimum atomic E-state index is -0.688. The summed E-state index contributed by atoms with van der Waals surface area (Å²) in [5.74, 6) is -0.330. The van der Waals surface area contributed by atoms with E-state index in [-0.39, 0.29) is 5.91 Å². The molecule has 1 aromatic rings. The summed E-state index contributed by atoms with van der Waals surface area (Å²) in [7, 11) is 0. The monoisotopic (exact) mass is 352 g/mol. The van der Waals surface area contributed by atoms with Crippen LogP contribution in [-0.2, 0) is 4.79 Å². The molecule has 1 atom stereocenters. The Hall–Kier alpha value is -0.990. The molecule has 1 fully saturated rings. The van der Waals surface area contributed by atoms with E-state index in [4.69, 9.17) is 5.73 Å². The number of hydrogen-bond acceptors (Lipinski definition) is 3. The van der Waals surface area contributed by atoms with E-state index < -0.39 is 10.7 Å². The predicted molar refractivity (Wildman–Crippen MR) is 84.1 cm³/mol. The molecule has 1 aliphatic rings. The molecule has 0 aliphatic heterocycles. The first kappa shape index (κ1) is 15.4. The molecule has 20 heavy (non-hydrogen) atoms. The Labute approximate surface area is 132 Å². The lowest BCUT2D eigenvalue weighted by molar-refractivity contribution is -0.128. The van der Waals surface area contributed by atoms with Crippen LogP contribution >= 0.6 is 27.7 Å². The third-order valence-electron chi connectivity index (χ3n) is 3.94. The van der Waals surface area contributed by atoms with Crippen molar-refractivity contribution in [2.24, 2.45) is 11.1 Å². The van der Waals surface area contributed by atoms with Gasteiger partial charge in [0.15, 0.2) is 0 Å². The first-order chi connectivity index (χ1) is 9.60. The lowest BCUT2D eigenvalue weighted by atomic mass is 9.71. The lowest BCUT2D eigenvalue weighted by Gasteiger charge is -2.37. The molecule has 0 radical (unpaired) electrons. The van der Waals surface area contributed by atoms with Gasteiger partial charge < -0.3 is 5.73 Å². The standard InChI is InChI=1S/C15H17BrN2OS/c16-11-6-2-3-7-12(11)20-13(10-17)15(14(18)19)8-4-1-5-9-15/h2-3,6-7,13H,1,4-5,8-9H2,(H2,18,19). The zero-order chi connectivity index (χ0) is 14.6. The van der Waals surface area contributed by atoms with E-state index in [1.165, 1.54) is 11.8 Å². The van der Waals surface area contributed by atoms with Crippen LogP contribution in [0.5, 0.6) is 0 Å². The SMILES string of the molecule is N#CC(Sc1ccccc1Br)C1(C(N)=O)CCCCC1. The van der Waals surface area contributed by atoms with E-state index in [0.29, 0.717) is 0 Å². The van der Waals surface area contributed by atoms with Crippen molar-refractivity contribution in [3.8, 4) is 6.07 Å².